The number of aliphatic carboxylic acids is 1. The molecule has 1 aromatic carbocycles. The summed E-state index contributed by atoms with van der Waals surface area (Å²) in [6.45, 7) is 2.73. The van der Waals surface area contributed by atoms with Gasteiger partial charge in [-0.3, -0.25) is 0 Å². The molecule has 7 heteroatoms. The zero-order valence-electron chi connectivity index (χ0n) is 11.9. The smallest absolute Gasteiger partial charge is 0.326 e. The van der Waals surface area contributed by atoms with Gasteiger partial charge in [-0.2, -0.15) is 0 Å². The van der Waals surface area contributed by atoms with E-state index >= 15 is 0 Å². The second-order valence-corrected chi connectivity index (χ2v) is 6.95. The second-order valence-electron chi connectivity index (χ2n) is 5.38. The minimum atomic E-state index is -3.73. The second kappa shape index (κ2) is 6.03. The van der Waals surface area contributed by atoms with Crippen LogP contribution in [0.5, 0.6) is 0 Å². The molecule has 1 fully saturated rings. The first-order chi connectivity index (χ1) is 9.82. The molecule has 0 spiro atoms. The standard InChI is InChI=1S/C14H20N2O4S/c1-2-10-7-8-16(13(9-10)14(17)18)11-3-5-12(6-4-11)21(15,19)20/h3-6,10,13H,2,7-9H2,1H3,(H,17,18)(H2,15,19,20). The molecule has 1 aliphatic heterocycles. The Morgan fingerprint density at radius 2 is 2.00 bits per heavy atom. The van der Waals surface area contributed by atoms with Crippen LogP contribution in [0.4, 0.5) is 5.69 Å². The van der Waals surface area contributed by atoms with Gasteiger partial charge in [0.25, 0.3) is 0 Å². The molecule has 1 heterocycles. The van der Waals surface area contributed by atoms with Gasteiger partial charge in [0.2, 0.25) is 10.0 Å². The average Bonchev–Trinajstić information content (AvgIpc) is 2.45. The number of carboxylic acid groups (broad SMARTS) is 1. The van der Waals surface area contributed by atoms with Gasteiger partial charge in [-0.05, 0) is 43.0 Å². The lowest BCUT2D eigenvalue weighted by Crippen LogP contribution is -2.47. The van der Waals surface area contributed by atoms with Crippen LogP contribution in [-0.4, -0.2) is 32.1 Å². The van der Waals surface area contributed by atoms with Crippen molar-refractivity contribution in [3.8, 4) is 0 Å². The Bertz CT molecular complexity index is 612. The summed E-state index contributed by atoms with van der Waals surface area (Å²) in [5, 5.41) is 14.5. The normalized spacial score (nSPS) is 23.0. The molecule has 1 saturated heterocycles. The Hall–Kier alpha value is -1.60. The maximum Gasteiger partial charge on any atom is 0.326 e. The lowest BCUT2D eigenvalue weighted by Gasteiger charge is -2.38. The fraction of sp³-hybridized carbons (Fsp3) is 0.500. The van der Waals surface area contributed by atoms with E-state index in [1.54, 1.807) is 12.1 Å². The van der Waals surface area contributed by atoms with Gasteiger partial charge in [0.05, 0.1) is 4.90 Å². The summed E-state index contributed by atoms with van der Waals surface area (Å²) in [5.74, 6) is -0.422. The van der Waals surface area contributed by atoms with E-state index in [1.807, 2.05) is 4.90 Å². The monoisotopic (exact) mass is 312 g/mol. The number of nitrogens with zero attached hydrogens (tertiary/aromatic N) is 1. The first-order valence-corrected chi connectivity index (χ1v) is 8.50. The molecule has 2 unspecified atom stereocenters. The van der Waals surface area contributed by atoms with Crippen LogP contribution < -0.4 is 10.0 Å². The number of rotatable bonds is 4. The molecule has 0 radical (unpaired) electrons. The predicted molar refractivity (Wildman–Crippen MR) is 79.6 cm³/mol. The fourth-order valence-corrected chi connectivity index (χ4v) is 3.30. The molecule has 0 amide bonds. The topological polar surface area (TPSA) is 101 Å². The first kappa shape index (κ1) is 15.8. The number of sulfonamides is 1. The van der Waals surface area contributed by atoms with Crippen molar-refractivity contribution in [2.24, 2.45) is 11.1 Å². The minimum absolute atomic E-state index is 0.0292. The number of anilines is 1. The molecule has 6 nitrogen and oxygen atoms in total. The van der Waals surface area contributed by atoms with Crippen LogP contribution >= 0.6 is 0 Å². The van der Waals surface area contributed by atoms with Crippen LogP contribution in [0.1, 0.15) is 26.2 Å². The van der Waals surface area contributed by atoms with Crippen LogP contribution in [0.2, 0.25) is 0 Å². The number of carbonyl (C=O) groups is 1. The largest absolute Gasteiger partial charge is 0.480 e. The van der Waals surface area contributed by atoms with E-state index in [0.717, 1.165) is 12.8 Å². The number of nitrogens with two attached hydrogens (primary N) is 1. The Kier molecular flexibility index (Phi) is 4.53. The van der Waals surface area contributed by atoms with Crippen molar-refractivity contribution >= 4 is 21.7 Å². The molecule has 2 rings (SSSR count). The number of carboxylic acids is 1. The van der Waals surface area contributed by atoms with E-state index in [-0.39, 0.29) is 4.90 Å². The van der Waals surface area contributed by atoms with E-state index in [2.05, 4.69) is 6.92 Å². The number of hydrogen-bond acceptors (Lipinski definition) is 4. The molecule has 2 atom stereocenters. The van der Waals surface area contributed by atoms with Crippen molar-refractivity contribution < 1.29 is 18.3 Å². The summed E-state index contributed by atoms with van der Waals surface area (Å²) < 4.78 is 22.5. The number of primary sulfonamides is 1. The molecule has 1 aliphatic rings. The zero-order chi connectivity index (χ0) is 15.6. The number of benzene rings is 1. The lowest BCUT2D eigenvalue weighted by molar-refractivity contribution is -0.139. The number of hydrogen-bond donors (Lipinski definition) is 2. The summed E-state index contributed by atoms with van der Waals surface area (Å²) in [4.78, 5) is 13.3. The third-order valence-corrected chi connectivity index (χ3v) is 5.00. The van der Waals surface area contributed by atoms with Crippen LogP contribution in [0.3, 0.4) is 0 Å². The van der Waals surface area contributed by atoms with Crippen LogP contribution in [0, 0.1) is 5.92 Å². The molecule has 3 N–H and O–H groups in total. The molecule has 116 valence electrons. The SMILES string of the molecule is CCC1CCN(c2ccc(S(N)(=O)=O)cc2)C(C(=O)O)C1. The van der Waals surface area contributed by atoms with Gasteiger partial charge in [0, 0.05) is 12.2 Å². The Balaban J connectivity index is 2.25. The molecule has 0 bridgehead atoms. The first-order valence-electron chi connectivity index (χ1n) is 6.95. The molecular formula is C14H20N2O4S. The van der Waals surface area contributed by atoms with Crippen LogP contribution in [0.25, 0.3) is 0 Å². The van der Waals surface area contributed by atoms with Gasteiger partial charge in [-0.1, -0.05) is 13.3 Å². The highest BCUT2D eigenvalue weighted by atomic mass is 32.2. The molecule has 21 heavy (non-hydrogen) atoms. The highest BCUT2D eigenvalue weighted by Gasteiger charge is 2.32. The lowest BCUT2D eigenvalue weighted by atomic mass is 9.88. The van der Waals surface area contributed by atoms with E-state index in [1.165, 1.54) is 12.1 Å². The van der Waals surface area contributed by atoms with Gasteiger partial charge < -0.3 is 10.0 Å². The highest BCUT2D eigenvalue weighted by Crippen LogP contribution is 2.30. The van der Waals surface area contributed by atoms with Gasteiger partial charge in [-0.25, -0.2) is 18.4 Å². The highest BCUT2D eigenvalue weighted by molar-refractivity contribution is 7.89. The van der Waals surface area contributed by atoms with Gasteiger partial charge in [0.1, 0.15) is 6.04 Å². The third-order valence-electron chi connectivity index (χ3n) is 4.07. The van der Waals surface area contributed by atoms with Crippen LogP contribution in [0.15, 0.2) is 29.2 Å². The average molecular weight is 312 g/mol. The summed E-state index contributed by atoms with van der Waals surface area (Å²) in [7, 11) is -3.73. The van der Waals surface area contributed by atoms with Gasteiger partial charge >= 0.3 is 5.97 Å². The van der Waals surface area contributed by atoms with E-state index in [9.17, 15) is 18.3 Å². The third kappa shape index (κ3) is 3.54. The predicted octanol–water partition coefficient (Wildman–Crippen LogP) is 1.41. The number of piperidine rings is 1. The van der Waals surface area contributed by atoms with Crippen molar-refractivity contribution in [2.45, 2.75) is 37.1 Å². The minimum Gasteiger partial charge on any atom is -0.480 e. The molecule has 0 aliphatic carbocycles. The van der Waals surface area contributed by atoms with E-state index < -0.39 is 22.0 Å². The van der Waals surface area contributed by atoms with Crippen molar-refractivity contribution in [3.05, 3.63) is 24.3 Å². The molecule has 1 aromatic rings. The van der Waals surface area contributed by atoms with Crippen molar-refractivity contribution in [1.82, 2.24) is 0 Å². The van der Waals surface area contributed by atoms with Crippen LogP contribution in [-0.2, 0) is 14.8 Å². The Labute approximate surface area is 124 Å². The van der Waals surface area contributed by atoms with E-state index in [4.69, 9.17) is 5.14 Å². The molecular weight excluding hydrogens is 292 g/mol. The summed E-state index contributed by atoms with van der Waals surface area (Å²) in [6.07, 6.45) is 2.53. The van der Waals surface area contributed by atoms with E-state index in [0.29, 0.717) is 24.6 Å². The van der Waals surface area contributed by atoms with Crippen molar-refractivity contribution in [3.63, 3.8) is 0 Å². The van der Waals surface area contributed by atoms with Crippen molar-refractivity contribution in [2.75, 3.05) is 11.4 Å². The molecule has 0 aromatic heterocycles. The quantitative estimate of drug-likeness (QED) is 0.875. The Morgan fingerprint density at radius 1 is 1.38 bits per heavy atom. The maximum absolute atomic E-state index is 11.5. The molecule has 0 saturated carbocycles. The summed E-state index contributed by atoms with van der Waals surface area (Å²) in [5.41, 5.74) is 0.712. The van der Waals surface area contributed by atoms with Gasteiger partial charge in [-0.15, -0.1) is 0 Å². The maximum atomic E-state index is 11.5. The Morgan fingerprint density at radius 3 is 2.48 bits per heavy atom. The van der Waals surface area contributed by atoms with Gasteiger partial charge in [0.15, 0.2) is 0 Å². The van der Waals surface area contributed by atoms with Crippen molar-refractivity contribution in [1.29, 1.82) is 0 Å². The summed E-state index contributed by atoms with van der Waals surface area (Å²) in [6, 6.07) is 5.48. The fourth-order valence-electron chi connectivity index (χ4n) is 2.78. The zero-order valence-corrected chi connectivity index (χ0v) is 12.7. The summed E-state index contributed by atoms with van der Waals surface area (Å²) >= 11 is 0.